The molecule has 0 atom stereocenters. The number of rotatable bonds is 10. The summed E-state index contributed by atoms with van der Waals surface area (Å²) in [4.78, 5) is 28.3. The highest BCUT2D eigenvalue weighted by atomic mass is 16.6. The maximum Gasteiger partial charge on any atom is 0.434 e. The topological polar surface area (TPSA) is 134 Å². The first-order valence-corrected chi connectivity index (χ1v) is 7.53. The summed E-state index contributed by atoms with van der Waals surface area (Å²) in [5.41, 5.74) is 0. The molecule has 130 valence electrons. The molecule has 2 heterocycles. The average molecular weight is 337 g/mol. The van der Waals surface area contributed by atoms with Crippen molar-refractivity contribution in [3.8, 4) is 0 Å². The lowest BCUT2D eigenvalue weighted by molar-refractivity contribution is -0.396. The van der Waals surface area contributed by atoms with Crippen molar-refractivity contribution in [3.05, 3.63) is 44.6 Å². The molecule has 11 heteroatoms. The van der Waals surface area contributed by atoms with Crippen molar-refractivity contribution >= 4 is 11.8 Å². The average Bonchev–Trinajstić information content (AvgIpc) is 3.13. The lowest BCUT2D eigenvalue weighted by atomic mass is 10.3. The molecule has 0 aliphatic heterocycles. The van der Waals surface area contributed by atoms with Crippen molar-refractivity contribution in [3.63, 3.8) is 0 Å². The van der Waals surface area contributed by atoms with Crippen molar-refractivity contribution in [2.45, 2.75) is 32.9 Å². The van der Waals surface area contributed by atoms with Gasteiger partial charge in [-0.15, -0.1) is 0 Å². The first kappa shape index (κ1) is 17.5. The zero-order valence-electron chi connectivity index (χ0n) is 13.3. The second kappa shape index (κ2) is 8.15. The number of hydrogen-bond acceptors (Lipinski definition) is 7. The van der Waals surface area contributed by atoms with Gasteiger partial charge in [0.15, 0.2) is 5.82 Å². The highest BCUT2D eigenvalue weighted by Crippen LogP contribution is 2.12. The van der Waals surface area contributed by atoms with Gasteiger partial charge in [-0.1, -0.05) is 4.98 Å². The summed E-state index contributed by atoms with van der Waals surface area (Å²) in [5, 5.41) is 24.8. The first-order valence-electron chi connectivity index (χ1n) is 7.53. The third-order valence-corrected chi connectivity index (χ3v) is 3.59. The Bertz CT molecular complexity index is 709. The van der Waals surface area contributed by atoms with Crippen molar-refractivity contribution in [2.24, 2.45) is 0 Å². The molecule has 0 aliphatic rings. The molecule has 24 heavy (non-hydrogen) atoms. The molecule has 0 fully saturated rings. The number of imidazole rings is 2. The van der Waals surface area contributed by atoms with E-state index < -0.39 is 9.85 Å². The van der Waals surface area contributed by atoms with E-state index in [2.05, 4.69) is 15.3 Å². The van der Waals surface area contributed by atoms with Crippen LogP contribution < -0.4 is 5.32 Å². The molecule has 2 rings (SSSR count). The molecule has 0 saturated heterocycles. The predicted molar refractivity (Wildman–Crippen MR) is 84.6 cm³/mol. The minimum Gasteiger partial charge on any atom is -0.390 e. The maximum absolute atomic E-state index is 10.9. The minimum absolute atomic E-state index is 0.0123. The van der Waals surface area contributed by atoms with E-state index in [0.29, 0.717) is 25.5 Å². The lowest BCUT2D eigenvalue weighted by Gasteiger charge is -2.05. The molecule has 2 aromatic rings. The molecule has 11 nitrogen and oxygen atoms in total. The van der Waals surface area contributed by atoms with Crippen LogP contribution in [0.5, 0.6) is 0 Å². The van der Waals surface area contributed by atoms with E-state index >= 15 is 0 Å². The summed E-state index contributed by atoms with van der Waals surface area (Å²) < 4.78 is 3.07. The second-order valence-electron chi connectivity index (χ2n) is 5.21. The van der Waals surface area contributed by atoms with Crippen LogP contribution in [0.4, 0.5) is 11.8 Å². The van der Waals surface area contributed by atoms with Crippen LogP contribution in [0.15, 0.2) is 18.6 Å². The van der Waals surface area contributed by atoms with Crippen molar-refractivity contribution < 1.29 is 9.85 Å². The van der Waals surface area contributed by atoms with Gasteiger partial charge < -0.3 is 25.5 Å². The molecule has 0 bridgehead atoms. The first-order chi connectivity index (χ1) is 11.5. The number of nitrogens with zero attached hydrogens (tertiary/aromatic N) is 6. The number of unbranched alkanes of at least 4 members (excludes halogenated alkanes) is 1. The van der Waals surface area contributed by atoms with Crippen LogP contribution in [0.25, 0.3) is 0 Å². The van der Waals surface area contributed by atoms with Crippen LogP contribution in [0.2, 0.25) is 0 Å². The van der Waals surface area contributed by atoms with Gasteiger partial charge in [0.25, 0.3) is 0 Å². The van der Waals surface area contributed by atoms with E-state index in [1.807, 2.05) is 0 Å². The minimum atomic E-state index is -0.501. The Morgan fingerprint density at radius 2 is 1.92 bits per heavy atom. The zero-order valence-corrected chi connectivity index (χ0v) is 13.3. The second-order valence-corrected chi connectivity index (χ2v) is 5.21. The Morgan fingerprint density at radius 1 is 1.12 bits per heavy atom. The van der Waals surface area contributed by atoms with Gasteiger partial charge in [0.2, 0.25) is 0 Å². The quantitative estimate of drug-likeness (QED) is 0.392. The molecule has 0 aromatic carbocycles. The Balaban J connectivity index is 1.66. The van der Waals surface area contributed by atoms with Crippen molar-refractivity contribution in [1.29, 1.82) is 0 Å². The summed E-state index contributed by atoms with van der Waals surface area (Å²) >= 11 is 0. The lowest BCUT2D eigenvalue weighted by Crippen LogP contribution is -2.22. The Kier molecular flexibility index (Phi) is 5.95. The molecule has 0 radical (unpaired) electrons. The largest absolute Gasteiger partial charge is 0.434 e. The van der Waals surface area contributed by atoms with Gasteiger partial charge in [0.05, 0.1) is 6.54 Å². The van der Waals surface area contributed by atoms with E-state index in [9.17, 15) is 20.2 Å². The Labute approximate surface area is 137 Å². The van der Waals surface area contributed by atoms with Gasteiger partial charge in [-0.05, 0) is 29.2 Å². The van der Waals surface area contributed by atoms with E-state index in [1.54, 1.807) is 17.7 Å². The van der Waals surface area contributed by atoms with E-state index in [1.165, 1.54) is 17.0 Å². The molecule has 0 spiro atoms. The number of aromatic nitrogens is 4. The van der Waals surface area contributed by atoms with Crippen LogP contribution in [0.3, 0.4) is 0 Å². The van der Waals surface area contributed by atoms with Crippen molar-refractivity contribution in [2.75, 3.05) is 13.1 Å². The predicted octanol–water partition coefficient (Wildman–Crippen LogP) is 1.27. The monoisotopic (exact) mass is 337 g/mol. The van der Waals surface area contributed by atoms with Gasteiger partial charge in [-0.3, -0.25) is 0 Å². The van der Waals surface area contributed by atoms with Gasteiger partial charge in [-0.25, -0.2) is 14.1 Å². The van der Waals surface area contributed by atoms with E-state index in [0.717, 1.165) is 19.4 Å². The molecule has 0 unspecified atom stereocenters. The fourth-order valence-electron chi connectivity index (χ4n) is 2.37. The van der Waals surface area contributed by atoms with Gasteiger partial charge in [0.1, 0.15) is 25.1 Å². The summed E-state index contributed by atoms with van der Waals surface area (Å²) in [5.74, 6) is 0.448. The fraction of sp³-hybridized carbons (Fsp3) is 0.538. The third-order valence-electron chi connectivity index (χ3n) is 3.59. The van der Waals surface area contributed by atoms with Gasteiger partial charge in [0, 0.05) is 13.5 Å². The highest BCUT2D eigenvalue weighted by Gasteiger charge is 2.16. The fourth-order valence-corrected chi connectivity index (χ4v) is 2.37. The molecule has 0 aliphatic carbocycles. The van der Waals surface area contributed by atoms with Crippen LogP contribution in [-0.4, -0.2) is 42.0 Å². The van der Waals surface area contributed by atoms with Crippen LogP contribution in [0, 0.1) is 27.2 Å². The van der Waals surface area contributed by atoms with Gasteiger partial charge >= 0.3 is 11.8 Å². The molecule has 2 aromatic heterocycles. The van der Waals surface area contributed by atoms with E-state index in [-0.39, 0.29) is 11.8 Å². The van der Waals surface area contributed by atoms with Crippen LogP contribution in [0.1, 0.15) is 18.7 Å². The Hall–Kier alpha value is -2.82. The van der Waals surface area contributed by atoms with Gasteiger partial charge in [-0.2, -0.15) is 0 Å². The number of nitrogens with one attached hydrogen (secondary N) is 1. The standard InChI is InChI=1S/C13H19N7O4/c1-11-16-10-12(19(21)22)18(11)9-5-14-4-2-3-7-17-8-6-15-13(17)20(23)24/h6,8,10,14H,2-5,7,9H2,1H3. The molecule has 0 saturated carbocycles. The van der Waals surface area contributed by atoms with Crippen LogP contribution in [-0.2, 0) is 13.1 Å². The molecule has 1 N–H and O–H groups in total. The maximum atomic E-state index is 10.9. The molecule has 0 amide bonds. The van der Waals surface area contributed by atoms with Crippen LogP contribution >= 0.6 is 0 Å². The van der Waals surface area contributed by atoms with E-state index in [4.69, 9.17) is 0 Å². The highest BCUT2D eigenvalue weighted by molar-refractivity contribution is 5.18. The SMILES string of the molecule is Cc1ncc([N+](=O)[O-])n1CCNCCCCn1ccnc1[N+](=O)[O-]. The smallest absolute Gasteiger partial charge is 0.390 e. The Morgan fingerprint density at radius 3 is 2.62 bits per heavy atom. The molecular formula is C13H19N7O4. The van der Waals surface area contributed by atoms with Crippen molar-refractivity contribution in [1.82, 2.24) is 24.4 Å². The number of aryl methyl sites for hydroxylation is 2. The molecular weight excluding hydrogens is 318 g/mol. The summed E-state index contributed by atoms with van der Waals surface area (Å²) in [7, 11) is 0. The summed E-state index contributed by atoms with van der Waals surface area (Å²) in [6, 6.07) is 0. The summed E-state index contributed by atoms with van der Waals surface area (Å²) in [6.07, 6.45) is 5.87. The third kappa shape index (κ3) is 4.35. The number of hydrogen-bond donors (Lipinski definition) is 1. The summed E-state index contributed by atoms with van der Waals surface area (Å²) in [6.45, 7) is 4.04. The normalized spacial score (nSPS) is 10.9. The zero-order chi connectivity index (χ0) is 17.5. The number of nitro groups is 2.